The Balaban J connectivity index is 1.34. The van der Waals surface area contributed by atoms with E-state index in [-0.39, 0.29) is 11.9 Å². The van der Waals surface area contributed by atoms with Gasteiger partial charge in [0, 0.05) is 0 Å². The summed E-state index contributed by atoms with van der Waals surface area (Å²) in [6.07, 6.45) is 17.4. The van der Waals surface area contributed by atoms with Crippen LogP contribution in [0.15, 0.2) is 0 Å². The first-order valence-corrected chi connectivity index (χ1v) is 12.9. The van der Waals surface area contributed by atoms with E-state index in [0.717, 1.165) is 43.4 Å². The van der Waals surface area contributed by atoms with E-state index in [2.05, 4.69) is 13.8 Å². The van der Waals surface area contributed by atoms with E-state index in [1.807, 2.05) is 0 Å². The number of hydrogen-bond acceptors (Lipinski definition) is 2. The molecule has 0 spiro atoms. The fourth-order valence-electron chi connectivity index (χ4n) is 6.38. The molecule has 3 saturated carbocycles. The van der Waals surface area contributed by atoms with Gasteiger partial charge in [0.25, 0.3) is 0 Å². The second-order valence-electron chi connectivity index (χ2n) is 10.5. The summed E-state index contributed by atoms with van der Waals surface area (Å²) >= 11 is 0. The van der Waals surface area contributed by atoms with Gasteiger partial charge in [-0.25, -0.2) is 4.39 Å². The van der Waals surface area contributed by atoms with Crippen molar-refractivity contribution in [2.75, 3.05) is 0 Å². The Kier molecular flexibility index (Phi) is 9.31. The Bertz CT molecular complexity index is 477. The number of carbonyl (C=O) groups is 1. The third kappa shape index (κ3) is 6.69. The van der Waals surface area contributed by atoms with Gasteiger partial charge in [-0.05, 0) is 81.5 Å². The Morgan fingerprint density at radius 2 is 1.45 bits per heavy atom. The van der Waals surface area contributed by atoms with E-state index < -0.39 is 12.3 Å². The van der Waals surface area contributed by atoms with E-state index >= 15 is 0 Å². The van der Waals surface area contributed by atoms with Gasteiger partial charge in [-0.3, -0.25) is 4.79 Å². The van der Waals surface area contributed by atoms with Crippen LogP contribution < -0.4 is 0 Å². The first-order valence-electron chi connectivity index (χ1n) is 12.9. The van der Waals surface area contributed by atoms with Crippen molar-refractivity contribution in [2.24, 2.45) is 29.6 Å². The maximum Gasteiger partial charge on any atom is 0.309 e. The highest BCUT2D eigenvalue weighted by Gasteiger charge is 2.37. The third-order valence-corrected chi connectivity index (χ3v) is 8.55. The highest BCUT2D eigenvalue weighted by Crippen LogP contribution is 2.43. The quantitative estimate of drug-likeness (QED) is 0.305. The second-order valence-corrected chi connectivity index (χ2v) is 10.5. The average Bonchev–Trinajstić information content (AvgIpc) is 2.76. The van der Waals surface area contributed by atoms with Gasteiger partial charge in [0.2, 0.25) is 0 Å². The van der Waals surface area contributed by atoms with Crippen molar-refractivity contribution in [3.8, 4) is 0 Å². The summed E-state index contributed by atoms with van der Waals surface area (Å²) in [5, 5.41) is 0. The monoisotopic (exact) mass is 408 g/mol. The van der Waals surface area contributed by atoms with E-state index in [0.29, 0.717) is 18.8 Å². The predicted molar refractivity (Wildman–Crippen MR) is 117 cm³/mol. The van der Waals surface area contributed by atoms with Crippen LogP contribution in [0, 0.1) is 29.6 Å². The molecule has 0 aromatic rings. The lowest BCUT2D eigenvalue weighted by molar-refractivity contribution is -0.162. The highest BCUT2D eigenvalue weighted by atomic mass is 19.1. The molecule has 3 aliphatic rings. The molecule has 0 amide bonds. The maximum absolute atomic E-state index is 14.4. The van der Waals surface area contributed by atoms with Crippen LogP contribution in [0.4, 0.5) is 4.39 Å². The first-order chi connectivity index (χ1) is 14.1. The molecule has 0 N–H and O–H groups in total. The van der Waals surface area contributed by atoms with Gasteiger partial charge >= 0.3 is 5.97 Å². The number of ether oxygens (including phenoxy) is 1. The van der Waals surface area contributed by atoms with Gasteiger partial charge in [-0.2, -0.15) is 0 Å². The lowest BCUT2D eigenvalue weighted by atomic mass is 9.68. The largest absolute Gasteiger partial charge is 0.459 e. The van der Waals surface area contributed by atoms with Crippen molar-refractivity contribution >= 4 is 5.97 Å². The van der Waals surface area contributed by atoms with Crippen molar-refractivity contribution in [2.45, 2.75) is 129 Å². The Morgan fingerprint density at radius 1 is 0.828 bits per heavy atom. The Labute approximate surface area is 178 Å². The van der Waals surface area contributed by atoms with Gasteiger partial charge in [0.15, 0.2) is 0 Å². The van der Waals surface area contributed by atoms with E-state index in [1.54, 1.807) is 0 Å². The van der Waals surface area contributed by atoms with Crippen molar-refractivity contribution < 1.29 is 13.9 Å². The summed E-state index contributed by atoms with van der Waals surface area (Å²) in [7, 11) is 0. The molecule has 0 heterocycles. The zero-order chi connectivity index (χ0) is 20.6. The number of unbranched alkanes of at least 4 members (excludes halogenated alkanes) is 2. The standard InChI is InChI=1S/C26H45FO2/c1-3-5-6-7-20-8-11-21(12-9-20)22-13-15-23(16-14-22)26(28)29-25-17-10-19(4-2)18-24(25)27/h19-25H,3-18H2,1-2H3. The molecule has 0 aromatic carbocycles. The molecule has 0 aromatic heterocycles. The molecule has 0 aliphatic heterocycles. The normalized spacial score (nSPS) is 38.5. The molecule has 3 fully saturated rings. The highest BCUT2D eigenvalue weighted by molar-refractivity contribution is 5.72. The lowest BCUT2D eigenvalue weighted by Crippen LogP contribution is -2.37. The SMILES string of the molecule is CCCCCC1CCC(C2CCC(C(=O)OC3CCC(CC)CC3F)CC2)CC1. The summed E-state index contributed by atoms with van der Waals surface area (Å²) in [6, 6.07) is 0. The number of hydrogen-bond donors (Lipinski definition) is 0. The van der Waals surface area contributed by atoms with Crippen molar-refractivity contribution in [1.29, 1.82) is 0 Å². The van der Waals surface area contributed by atoms with E-state index in [4.69, 9.17) is 4.74 Å². The van der Waals surface area contributed by atoms with Gasteiger partial charge in [-0.15, -0.1) is 0 Å². The fraction of sp³-hybridized carbons (Fsp3) is 0.962. The minimum Gasteiger partial charge on any atom is -0.459 e. The van der Waals surface area contributed by atoms with Crippen LogP contribution in [0.3, 0.4) is 0 Å². The molecule has 3 atom stereocenters. The van der Waals surface area contributed by atoms with Gasteiger partial charge in [0.05, 0.1) is 5.92 Å². The molecule has 3 rings (SSSR count). The summed E-state index contributed by atoms with van der Waals surface area (Å²) in [6.45, 7) is 4.41. The van der Waals surface area contributed by atoms with Crippen molar-refractivity contribution in [1.82, 2.24) is 0 Å². The number of halogens is 1. The van der Waals surface area contributed by atoms with Gasteiger partial charge in [0.1, 0.15) is 12.3 Å². The van der Waals surface area contributed by atoms with Crippen LogP contribution in [0.1, 0.15) is 117 Å². The molecule has 0 radical (unpaired) electrons. The average molecular weight is 409 g/mol. The van der Waals surface area contributed by atoms with Crippen LogP contribution in [-0.2, 0) is 9.53 Å². The molecule has 29 heavy (non-hydrogen) atoms. The lowest BCUT2D eigenvalue weighted by Gasteiger charge is -2.38. The molecule has 168 valence electrons. The Hall–Kier alpha value is -0.600. The smallest absolute Gasteiger partial charge is 0.309 e. The summed E-state index contributed by atoms with van der Waals surface area (Å²) in [5.41, 5.74) is 0. The molecular weight excluding hydrogens is 363 g/mol. The van der Waals surface area contributed by atoms with Crippen LogP contribution in [-0.4, -0.2) is 18.2 Å². The van der Waals surface area contributed by atoms with E-state index in [9.17, 15) is 9.18 Å². The number of carbonyl (C=O) groups excluding carboxylic acids is 1. The Morgan fingerprint density at radius 3 is 2.03 bits per heavy atom. The molecule has 3 heteroatoms. The predicted octanol–water partition coefficient (Wildman–Crippen LogP) is 7.64. The van der Waals surface area contributed by atoms with Crippen LogP contribution in [0.5, 0.6) is 0 Å². The number of alkyl halides is 1. The maximum atomic E-state index is 14.4. The first kappa shape index (κ1) is 23.1. The molecule has 0 bridgehead atoms. The molecule has 3 unspecified atom stereocenters. The van der Waals surface area contributed by atoms with Gasteiger partial charge < -0.3 is 4.74 Å². The minimum atomic E-state index is -0.957. The zero-order valence-corrected chi connectivity index (χ0v) is 19.0. The van der Waals surface area contributed by atoms with Gasteiger partial charge in [-0.1, -0.05) is 58.8 Å². The number of esters is 1. The van der Waals surface area contributed by atoms with Crippen molar-refractivity contribution in [3.05, 3.63) is 0 Å². The third-order valence-electron chi connectivity index (χ3n) is 8.55. The summed E-state index contributed by atoms with van der Waals surface area (Å²) in [5.74, 6) is 3.05. The summed E-state index contributed by atoms with van der Waals surface area (Å²) < 4.78 is 20.0. The molecule has 0 saturated heterocycles. The van der Waals surface area contributed by atoms with Crippen LogP contribution >= 0.6 is 0 Å². The molecule has 3 aliphatic carbocycles. The second kappa shape index (κ2) is 11.7. The topological polar surface area (TPSA) is 26.3 Å². The summed E-state index contributed by atoms with van der Waals surface area (Å²) in [4.78, 5) is 12.6. The fourth-order valence-corrected chi connectivity index (χ4v) is 6.38. The van der Waals surface area contributed by atoms with Crippen LogP contribution in [0.2, 0.25) is 0 Å². The number of rotatable bonds is 8. The molecule has 2 nitrogen and oxygen atoms in total. The zero-order valence-electron chi connectivity index (χ0n) is 19.0. The van der Waals surface area contributed by atoms with Crippen LogP contribution in [0.25, 0.3) is 0 Å². The molecular formula is C26H45FO2. The van der Waals surface area contributed by atoms with E-state index in [1.165, 1.54) is 64.2 Å². The van der Waals surface area contributed by atoms with Crippen molar-refractivity contribution in [3.63, 3.8) is 0 Å². The minimum absolute atomic E-state index is 0.0210.